The molecule has 14 heavy (non-hydrogen) atoms. The van der Waals surface area contributed by atoms with Gasteiger partial charge in [-0.15, -0.1) is 0 Å². The van der Waals surface area contributed by atoms with Crippen LogP contribution in [0.1, 0.15) is 23.9 Å². The normalized spacial score (nSPS) is 11.5. The molecule has 0 aliphatic heterocycles. The first-order chi connectivity index (χ1) is 6.38. The van der Waals surface area contributed by atoms with Gasteiger partial charge in [-0.05, 0) is 13.5 Å². The van der Waals surface area contributed by atoms with E-state index in [-0.39, 0.29) is 17.0 Å². The molecule has 1 heterocycles. The summed E-state index contributed by atoms with van der Waals surface area (Å²) in [6.45, 7) is 5.28. The van der Waals surface area contributed by atoms with Gasteiger partial charge in [0.15, 0.2) is 5.76 Å². The summed E-state index contributed by atoms with van der Waals surface area (Å²) in [4.78, 5) is 3.32. The molecule has 0 aliphatic carbocycles. The van der Waals surface area contributed by atoms with Crippen LogP contribution in [0.25, 0.3) is 5.76 Å². The number of rotatable bonds is 3. The van der Waals surface area contributed by atoms with E-state index in [1.54, 1.807) is 0 Å². The van der Waals surface area contributed by atoms with E-state index in [9.17, 15) is 13.3 Å². The highest BCUT2D eigenvalue weighted by molar-refractivity contribution is 5.57. The van der Waals surface area contributed by atoms with Crippen molar-refractivity contribution >= 4 is 5.76 Å². The number of aromatic nitrogens is 2. The summed E-state index contributed by atoms with van der Waals surface area (Å²) in [5, 5.41) is 5.61. The first kappa shape index (κ1) is 10.6. The average molecular weight is 206 g/mol. The molecule has 0 amide bonds. The molecule has 0 fully saturated rings. The van der Waals surface area contributed by atoms with Crippen LogP contribution < -0.4 is 0 Å². The number of nitrogens with one attached hydrogen (secondary N) is 1. The number of halogens is 3. The standard InChI is InChI=1S/C8H9F3N2O/c1-4-6(5(2)14-11)12-13-7(4)8(3,9)10/h2H2,1,3H3,(H,12,13). The molecule has 3 nitrogen and oxygen atoms in total. The van der Waals surface area contributed by atoms with Crippen LogP contribution in [0, 0.1) is 6.92 Å². The smallest absolute Gasteiger partial charge is 0.286 e. The molecule has 0 saturated carbocycles. The third-order valence-electron chi connectivity index (χ3n) is 1.81. The minimum absolute atomic E-state index is 0.0379. The fourth-order valence-electron chi connectivity index (χ4n) is 1.13. The summed E-state index contributed by atoms with van der Waals surface area (Å²) in [5.74, 6) is -3.44. The Morgan fingerprint density at radius 3 is 2.50 bits per heavy atom. The molecule has 0 unspecified atom stereocenters. The van der Waals surface area contributed by atoms with Gasteiger partial charge in [0, 0.05) is 17.0 Å². The summed E-state index contributed by atoms with van der Waals surface area (Å²) in [5.41, 5.74) is -0.283. The number of alkyl halides is 2. The Kier molecular flexibility index (Phi) is 2.55. The van der Waals surface area contributed by atoms with Gasteiger partial charge in [-0.25, -0.2) is 0 Å². The lowest BCUT2D eigenvalue weighted by Gasteiger charge is -2.08. The van der Waals surface area contributed by atoms with E-state index in [4.69, 9.17) is 0 Å². The van der Waals surface area contributed by atoms with Crippen LogP contribution in [0.5, 0.6) is 0 Å². The fourth-order valence-corrected chi connectivity index (χ4v) is 1.13. The van der Waals surface area contributed by atoms with E-state index in [0.717, 1.165) is 6.92 Å². The van der Waals surface area contributed by atoms with Gasteiger partial charge in [0.25, 0.3) is 5.92 Å². The Morgan fingerprint density at radius 1 is 1.57 bits per heavy atom. The van der Waals surface area contributed by atoms with Crippen molar-refractivity contribution in [3.05, 3.63) is 23.5 Å². The van der Waals surface area contributed by atoms with Gasteiger partial charge < -0.3 is 0 Å². The molecule has 0 saturated heterocycles. The van der Waals surface area contributed by atoms with Crippen LogP contribution in [-0.4, -0.2) is 10.2 Å². The third kappa shape index (κ3) is 1.73. The highest BCUT2D eigenvalue weighted by Crippen LogP contribution is 2.30. The molecular weight excluding hydrogens is 197 g/mol. The minimum Gasteiger partial charge on any atom is -0.293 e. The second kappa shape index (κ2) is 3.36. The lowest BCUT2D eigenvalue weighted by molar-refractivity contribution is -0.0422. The highest BCUT2D eigenvalue weighted by atomic mass is 19.3. The first-order valence-electron chi connectivity index (χ1n) is 3.79. The molecule has 1 aromatic heterocycles. The quantitative estimate of drug-likeness (QED) is 0.772. The number of hydrogen-bond acceptors (Lipinski definition) is 2. The SMILES string of the molecule is C=C(OF)c1n[nH]c(C(C)(F)F)c1C. The maximum Gasteiger partial charge on any atom is 0.286 e. The van der Waals surface area contributed by atoms with Crippen molar-refractivity contribution in [1.29, 1.82) is 0 Å². The van der Waals surface area contributed by atoms with Crippen molar-refractivity contribution in [2.75, 3.05) is 0 Å². The zero-order chi connectivity index (χ0) is 10.9. The van der Waals surface area contributed by atoms with Crippen LogP contribution in [0.4, 0.5) is 13.3 Å². The van der Waals surface area contributed by atoms with Crippen molar-refractivity contribution in [3.63, 3.8) is 0 Å². The van der Waals surface area contributed by atoms with Crippen LogP contribution in [0.15, 0.2) is 6.58 Å². The first-order valence-corrected chi connectivity index (χ1v) is 3.79. The predicted molar refractivity (Wildman–Crippen MR) is 44.1 cm³/mol. The van der Waals surface area contributed by atoms with Crippen molar-refractivity contribution < 1.29 is 18.2 Å². The molecule has 0 spiro atoms. The van der Waals surface area contributed by atoms with E-state index in [0.29, 0.717) is 0 Å². The van der Waals surface area contributed by atoms with Gasteiger partial charge in [-0.3, -0.25) is 10.0 Å². The molecule has 6 heteroatoms. The molecule has 0 radical (unpaired) electrons. The Hall–Kier alpha value is -1.46. The van der Waals surface area contributed by atoms with Crippen molar-refractivity contribution in [2.45, 2.75) is 19.8 Å². The number of H-pyrrole nitrogens is 1. The number of hydrogen-bond donors (Lipinski definition) is 1. The lowest BCUT2D eigenvalue weighted by Crippen LogP contribution is -2.09. The molecule has 1 rings (SSSR count). The zero-order valence-corrected chi connectivity index (χ0v) is 7.70. The lowest BCUT2D eigenvalue weighted by atomic mass is 10.1. The molecule has 0 bridgehead atoms. The maximum atomic E-state index is 12.9. The Morgan fingerprint density at radius 2 is 2.14 bits per heavy atom. The summed E-state index contributed by atoms with van der Waals surface area (Å²) in [6, 6.07) is 0. The fraction of sp³-hybridized carbons (Fsp3) is 0.375. The van der Waals surface area contributed by atoms with E-state index in [1.165, 1.54) is 6.92 Å². The van der Waals surface area contributed by atoms with Crippen LogP contribution in [-0.2, 0) is 10.9 Å². The van der Waals surface area contributed by atoms with Crippen molar-refractivity contribution in [2.24, 2.45) is 0 Å². The zero-order valence-electron chi connectivity index (χ0n) is 7.70. The van der Waals surface area contributed by atoms with Crippen molar-refractivity contribution in [3.8, 4) is 0 Å². The van der Waals surface area contributed by atoms with E-state index in [1.807, 2.05) is 0 Å². The molecule has 1 aromatic rings. The van der Waals surface area contributed by atoms with Crippen LogP contribution in [0.2, 0.25) is 0 Å². The van der Waals surface area contributed by atoms with Gasteiger partial charge in [0.1, 0.15) is 11.4 Å². The Balaban J connectivity index is 3.15. The highest BCUT2D eigenvalue weighted by Gasteiger charge is 2.31. The van der Waals surface area contributed by atoms with E-state index < -0.39 is 11.7 Å². The molecular formula is C8H9F3N2O. The molecule has 0 aliphatic rings. The molecule has 78 valence electrons. The number of nitrogens with zero attached hydrogens (tertiary/aromatic N) is 1. The summed E-state index contributed by atoms with van der Waals surface area (Å²) in [7, 11) is 0. The summed E-state index contributed by atoms with van der Waals surface area (Å²) >= 11 is 0. The average Bonchev–Trinajstić information content (AvgIpc) is 2.45. The van der Waals surface area contributed by atoms with Crippen molar-refractivity contribution in [1.82, 2.24) is 10.2 Å². The van der Waals surface area contributed by atoms with Gasteiger partial charge in [-0.2, -0.15) is 13.9 Å². The van der Waals surface area contributed by atoms with Crippen LogP contribution in [0.3, 0.4) is 0 Å². The topological polar surface area (TPSA) is 37.9 Å². The monoisotopic (exact) mass is 206 g/mol. The number of aromatic amines is 1. The largest absolute Gasteiger partial charge is 0.293 e. The van der Waals surface area contributed by atoms with Gasteiger partial charge in [0.05, 0.1) is 0 Å². The minimum atomic E-state index is -3.05. The maximum absolute atomic E-state index is 12.9. The van der Waals surface area contributed by atoms with Gasteiger partial charge in [-0.1, -0.05) is 0 Å². The van der Waals surface area contributed by atoms with Crippen LogP contribution >= 0.6 is 0 Å². The predicted octanol–water partition coefficient (Wildman–Crippen LogP) is 2.70. The Labute approximate surface area is 78.5 Å². The third-order valence-corrected chi connectivity index (χ3v) is 1.81. The molecule has 1 N–H and O–H groups in total. The Bertz CT molecular complexity index is 354. The van der Waals surface area contributed by atoms with E-state index in [2.05, 4.69) is 21.7 Å². The van der Waals surface area contributed by atoms with Gasteiger partial charge in [0.2, 0.25) is 0 Å². The second-order valence-corrected chi connectivity index (χ2v) is 2.96. The summed E-state index contributed by atoms with van der Waals surface area (Å²) in [6.07, 6.45) is 0. The summed E-state index contributed by atoms with van der Waals surface area (Å²) < 4.78 is 37.4. The second-order valence-electron chi connectivity index (χ2n) is 2.96. The van der Waals surface area contributed by atoms with E-state index >= 15 is 0 Å². The molecule has 0 aromatic carbocycles. The van der Waals surface area contributed by atoms with Gasteiger partial charge >= 0.3 is 0 Å². The molecule has 0 atom stereocenters.